The molecule has 2 amide bonds. The summed E-state index contributed by atoms with van der Waals surface area (Å²) in [5.74, 6) is -0.383. The first-order chi connectivity index (χ1) is 11.0. The number of hydrogen-bond donors (Lipinski definition) is 1. The molecule has 0 fully saturated rings. The minimum absolute atomic E-state index is 0.0252. The van der Waals surface area contributed by atoms with Gasteiger partial charge in [-0.15, -0.1) is 0 Å². The van der Waals surface area contributed by atoms with E-state index in [0.29, 0.717) is 12.1 Å². The van der Waals surface area contributed by atoms with Crippen LogP contribution in [-0.4, -0.2) is 35.3 Å². The van der Waals surface area contributed by atoms with Gasteiger partial charge in [0.1, 0.15) is 0 Å². The van der Waals surface area contributed by atoms with Crippen LogP contribution >= 0.6 is 0 Å². The molecule has 2 rings (SSSR count). The Morgan fingerprint density at radius 2 is 1.87 bits per heavy atom. The van der Waals surface area contributed by atoms with Crippen molar-refractivity contribution in [2.45, 2.75) is 20.4 Å². The number of likely N-dealkylation sites (N-methyl/N-ethyl adjacent to an activating group) is 1. The number of aromatic nitrogens is 1. The molecular formula is C18H21N3O2. The Balaban J connectivity index is 1.89. The van der Waals surface area contributed by atoms with E-state index in [0.717, 1.165) is 16.7 Å². The summed E-state index contributed by atoms with van der Waals surface area (Å²) in [6, 6.07) is 9.36. The van der Waals surface area contributed by atoms with Gasteiger partial charge in [0.15, 0.2) is 0 Å². The smallest absolute Gasteiger partial charge is 0.251 e. The average Bonchev–Trinajstić information content (AvgIpc) is 2.52. The Kier molecular flexibility index (Phi) is 5.46. The van der Waals surface area contributed by atoms with Crippen LogP contribution in [0.25, 0.3) is 0 Å². The highest BCUT2D eigenvalue weighted by Gasteiger charge is 2.12. The molecule has 0 unspecified atom stereocenters. The van der Waals surface area contributed by atoms with Crippen LogP contribution in [0.4, 0.5) is 0 Å². The minimum atomic E-state index is -0.236. The third-order valence-electron chi connectivity index (χ3n) is 3.45. The predicted molar refractivity (Wildman–Crippen MR) is 89.0 cm³/mol. The van der Waals surface area contributed by atoms with Crippen LogP contribution in [0.15, 0.2) is 42.7 Å². The predicted octanol–water partition coefficient (Wildman–Crippen LogP) is 2.09. The summed E-state index contributed by atoms with van der Waals surface area (Å²) in [5.41, 5.74) is 3.57. The Morgan fingerprint density at radius 1 is 1.17 bits per heavy atom. The van der Waals surface area contributed by atoms with E-state index in [2.05, 4.69) is 10.3 Å². The number of carbonyl (C=O) groups is 2. The van der Waals surface area contributed by atoms with Gasteiger partial charge >= 0.3 is 0 Å². The fourth-order valence-electron chi connectivity index (χ4n) is 2.35. The van der Waals surface area contributed by atoms with Crippen LogP contribution in [0.3, 0.4) is 0 Å². The highest BCUT2D eigenvalue weighted by Crippen LogP contribution is 2.08. The average molecular weight is 311 g/mol. The summed E-state index contributed by atoms with van der Waals surface area (Å²) < 4.78 is 0. The SMILES string of the molecule is Cc1cc(C)cc(C(=O)NCC(=O)N(C)Cc2cccnc2)c1. The number of nitrogens with zero attached hydrogens (tertiary/aromatic N) is 2. The van der Waals surface area contributed by atoms with E-state index < -0.39 is 0 Å². The molecule has 0 aliphatic carbocycles. The van der Waals surface area contributed by atoms with Gasteiger partial charge in [-0.25, -0.2) is 0 Å². The van der Waals surface area contributed by atoms with E-state index in [1.165, 1.54) is 0 Å². The Morgan fingerprint density at radius 3 is 2.48 bits per heavy atom. The quantitative estimate of drug-likeness (QED) is 0.919. The molecule has 0 spiro atoms. The number of nitrogens with one attached hydrogen (secondary N) is 1. The van der Waals surface area contributed by atoms with Gasteiger partial charge in [0, 0.05) is 31.5 Å². The molecule has 5 heteroatoms. The van der Waals surface area contributed by atoms with Crippen LogP contribution in [0.1, 0.15) is 27.0 Å². The van der Waals surface area contributed by atoms with Crippen molar-refractivity contribution in [1.82, 2.24) is 15.2 Å². The molecule has 1 aromatic heterocycles. The van der Waals surface area contributed by atoms with Crippen molar-refractivity contribution >= 4 is 11.8 Å². The van der Waals surface area contributed by atoms with Gasteiger partial charge in [-0.05, 0) is 37.6 Å². The molecule has 0 saturated carbocycles. The number of hydrogen-bond acceptors (Lipinski definition) is 3. The summed E-state index contributed by atoms with van der Waals surface area (Å²) in [5, 5.41) is 2.67. The number of benzene rings is 1. The first kappa shape index (κ1) is 16.7. The number of rotatable bonds is 5. The second-order valence-corrected chi connectivity index (χ2v) is 5.67. The monoisotopic (exact) mass is 311 g/mol. The lowest BCUT2D eigenvalue weighted by Crippen LogP contribution is -2.37. The molecule has 120 valence electrons. The minimum Gasteiger partial charge on any atom is -0.343 e. The molecular weight excluding hydrogens is 290 g/mol. The maximum absolute atomic E-state index is 12.1. The third kappa shape index (κ3) is 4.92. The first-order valence-corrected chi connectivity index (χ1v) is 7.45. The van der Waals surface area contributed by atoms with E-state index in [-0.39, 0.29) is 18.4 Å². The molecule has 0 atom stereocenters. The van der Waals surface area contributed by atoms with Crippen molar-refractivity contribution in [2.24, 2.45) is 0 Å². The molecule has 1 aromatic carbocycles. The van der Waals surface area contributed by atoms with Crippen LogP contribution in [0.2, 0.25) is 0 Å². The number of amides is 2. The summed E-state index contributed by atoms with van der Waals surface area (Å²) in [4.78, 5) is 29.8. The zero-order valence-corrected chi connectivity index (χ0v) is 13.7. The van der Waals surface area contributed by atoms with E-state index in [1.807, 2.05) is 44.2 Å². The molecule has 5 nitrogen and oxygen atoms in total. The number of carbonyl (C=O) groups excluding carboxylic acids is 2. The summed E-state index contributed by atoms with van der Waals surface area (Å²) >= 11 is 0. The topological polar surface area (TPSA) is 62.3 Å². The van der Waals surface area contributed by atoms with Gasteiger partial charge in [-0.3, -0.25) is 14.6 Å². The zero-order chi connectivity index (χ0) is 16.8. The highest BCUT2D eigenvalue weighted by molar-refractivity contribution is 5.96. The molecule has 0 saturated heterocycles. The summed E-state index contributed by atoms with van der Waals surface area (Å²) in [6.45, 7) is 4.32. The van der Waals surface area contributed by atoms with Gasteiger partial charge in [0.05, 0.1) is 6.54 Å². The van der Waals surface area contributed by atoms with E-state index in [1.54, 1.807) is 24.3 Å². The van der Waals surface area contributed by atoms with Crippen molar-refractivity contribution < 1.29 is 9.59 Å². The van der Waals surface area contributed by atoms with Crippen LogP contribution in [0.5, 0.6) is 0 Å². The molecule has 2 aromatic rings. The Labute approximate surface area is 136 Å². The van der Waals surface area contributed by atoms with Gasteiger partial charge < -0.3 is 10.2 Å². The van der Waals surface area contributed by atoms with Crippen LogP contribution in [-0.2, 0) is 11.3 Å². The van der Waals surface area contributed by atoms with Crippen molar-refractivity contribution in [3.8, 4) is 0 Å². The molecule has 1 heterocycles. The molecule has 0 bridgehead atoms. The molecule has 1 N–H and O–H groups in total. The molecule has 0 aliphatic heterocycles. The highest BCUT2D eigenvalue weighted by atomic mass is 16.2. The summed E-state index contributed by atoms with van der Waals surface area (Å²) in [6.07, 6.45) is 3.41. The third-order valence-corrected chi connectivity index (χ3v) is 3.45. The van der Waals surface area contributed by atoms with Gasteiger partial charge in [-0.1, -0.05) is 23.3 Å². The molecule has 23 heavy (non-hydrogen) atoms. The molecule has 0 aliphatic rings. The largest absolute Gasteiger partial charge is 0.343 e. The lowest BCUT2D eigenvalue weighted by molar-refractivity contribution is -0.129. The van der Waals surface area contributed by atoms with Crippen LogP contribution in [0, 0.1) is 13.8 Å². The lowest BCUT2D eigenvalue weighted by atomic mass is 10.1. The lowest BCUT2D eigenvalue weighted by Gasteiger charge is -2.17. The maximum Gasteiger partial charge on any atom is 0.251 e. The number of pyridine rings is 1. The van der Waals surface area contributed by atoms with E-state index in [4.69, 9.17) is 0 Å². The Hall–Kier alpha value is -2.69. The van der Waals surface area contributed by atoms with Gasteiger partial charge in [-0.2, -0.15) is 0 Å². The second-order valence-electron chi connectivity index (χ2n) is 5.67. The van der Waals surface area contributed by atoms with Gasteiger partial charge in [0.2, 0.25) is 5.91 Å². The van der Waals surface area contributed by atoms with Crippen molar-refractivity contribution in [1.29, 1.82) is 0 Å². The van der Waals surface area contributed by atoms with E-state index in [9.17, 15) is 9.59 Å². The normalized spacial score (nSPS) is 10.2. The standard InChI is InChI=1S/C18H21N3O2/c1-13-7-14(2)9-16(8-13)18(23)20-11-17(22)21(3)12-15-5-4-6-19-10-15/h4-10H,11-12H2,1-3H3,(H,20,23). The fraction of sp³-hybridized carbons (Fsp3) is 0.278. The van der Waals surface area contributed by atoms with Gasteiger partial charge in [0.25, 0.3) is 5.91 Å². The maximum atomic E-state index is 12.1. The fourth-order valence-corrected chi connectivity index (χ4v) is 2.35. The van der Waals surface area contributed by atoms with E-state index >= 15 is 0 Å². The van der Waals surface area contributed by atoms with Crippen LogP contribution < -0.4 is 5.32 Å². The first-order valence-electron chi connectivity index (χ1n) is 7.45. The second kappa shape index (κ2) is 7.54. The molecule has 0 radical (unpaired) electrons. The van der Waals surface area contributed by atoms with Crippen molar-refractivity contribution in [3.05, 3.63) is 65.0 Å². The van der Waals surface area contributed by atoms with Crippen molar-refractivity contribution in [2.75, 3.05) is 13.6 Å². The van der Waals surface area contributed by atoms with Crippen molar-refractivity contribution in [3.63, 3.8) is 0 Å². The summed E-state index contributed by atoms with van der Waals surface area (Å²) in [7, 11) is 1.71. The zero-order valence-electron chi connectivity index (χ0n) is 13.7. The Bertz CT molecular complexity index is 678. The number of aryl methyl sites for hydroxylation is 2.